The lowest BCUT2D eigenvalue weighted by Gasteiger charge is -2.31. The third kappa shape index (κ3) is 7.87. The van der Waals surface area contributed by atoms with Gasteiger partial charge in [-0.25, -0.2) is 10.4 Å². The Morgan fingerprint density at radius 3 is 2.90 bits per heavy atom. The number of aliphatic hydroxyl groups is 1. The highest BCUT2D eigenvalue weighted by Gasteiger charge is 2.22. The fraction of sp³-hybridized carbons (Fsp3) is 0.500. The Balaban J connectivity index is 1.10. The normalized spacial score (nSPS) is 18.2. The number of allylic oxidation sites excluding steroid dienone is 2. The molecule has 0 spiro atoms. The van der Waals surface area contributed by atoms with E-state index in [1.165, 1.54) is 34.4 Å². The van der Waals surface area contributed by atoms with Gasteiger partial charge in [0.2, 0.25) is 0 Å². The molecule has 9 nitrogen and oxygen atoms in total. The summed E-state index contributed by atoms with van der Waals surface area (Å²) in [4.78, 5) is 19.3. The van der Waals surface area contributed by atoms with Crippen molar-refractivity contribution in [3.05, 3.63) is 76.1 Å². The van der Waals surface area contributed by atoms with E-state index >= 15 is 0 Å². The molecule has 1 amide bonds. The maximum atomic E-state index is 12.7. The number of rotatable bonds is 12. The first-order valence-electron chi connectivity index (χ1n) is 15.0. The quantitative estimate of drug-likeness (QED) is 0.251. The number of ether oxygens (including phenoxy) is 1. The van der Waals surface area contributed by atoms with Crippen molar-refractivity contribution in [2.24, 2.45) is 0 Å². The zero-order valence-corrected chi connectivity index (χ0v) is 24.3. The Kier molecular flexibility index (Phi) is 9.92. The maximum Gasteiger partial charge on any atom is 0.251 e. The number of hydrogen-bond donors (Lipinski definition) is 5. The number of fused-ring (bicyclic) bond motifs is 1. The third-order valence-corrected chi connectivity index (χ3v) is 8.26. The van der Waals surface area contributed by atoms with E-state index in [4.69, 9.17) is 4.74 Å². The molecule has 0 bridgehead atoms. The minimum atomic E-state index is -0.651. The van der Waals surface area contributed by atoms with Crippen LogP contribution in [0.2, 0.25) is 0 Å². The van der Waals surface area contributed by atoms with Gasteiger partial charge in [-0.3, -0.25) is 9.69 Å². The molecule has 1 aromatic carbocycles. The van der Waals surface area contributed by atoms with Crippen LogP contribution in [0.3, 0.4) is 0 Å². The van der Waals surface area contributed by atoms with E-state index in [1.807, 2.05) is 7.05 Å². The maximum absolute atomic E-state index is 12.7. The number of hydrogen-bond acceptors (Lipinski definition) is 8. The number of carbonyl (C=O) groups excluding carboxylic acids is 1. The van der Waals surface area contributed by atoms with Crippen LogP contribution in [0.25, 0.3) is 0 Å². The summed E-state index contributed by atoms with van der Waals surface area (Å²) in [6.07, 6.45) is 13.1. The third-order valence-electron chi connectivity index (χ3n) is 8.26. The molecule has 5 rings (SSSR count). The van der Waals surface area contributed by atoms with Crippen LogP contribution < -0.4 is 26.2 Å². The van der Waals surface area contributed by atoms with E-state index in [0.717, 1.165) is 63.2 Å². The first-order chi connectivity index (χ1) is 20.0. The first-order valence-corrected chi connectivity index (χ1v) is 15.0. The molecule has 1 atom stereocenters. The van der Waals surface area contributed by atoms with E-state index in [0.29, 0.717) is 24.8 Å². The van der Waals surface area contributed by atoms with E-state index in [2.05, 4.69) is 62.6 Å². The van der Waals surface area contributed by atoms with Crippen molar-refractivity contribution in [3.63, 3.8) is 0 Å². The molecule has 220 valence electrons. The van der Waals surface area contributed by atoms with E-state index in [9.17, 15) is 9.90 Å². The van der Waals surface area contributed by atoms with Gasteiger partial charge in [0.25, 0.3) is 5.91 Å². The van der Waals surface area contributed by atoms with Crippen LogP contribution in [0.15, 0.2) is 53.9 Å². The van der Waals surface area contributed by atoms with Crippen molar-refractivity contribution in [3.8, 4) is 5.75 Å². The van der Waals surface area contributed by atoms with Gasteiger partial charge in [-0.1, -0.05) is 12.1 Å². The molecule has 3 aliphatic rings. The smallest absolute Gasteiger partial charge is 0.251 e. The molecule has 0 saturated heterocycles. The Bertz CT molecular complexity index is 1270. The van der Waals surface area contributed by atoms with Gasteiger partial charge in [-0.2, -0.15) is 0 Å². The summed E-state index contributed by atoms with van der Waals surface area (Å²) in [5.74, 6) is 1.47. The summed E-state index contributed by atoms with van der Waals surface area (Å²) < 4.78 is 6.28. The van der Waals surface area contributed by atoms with Crippen LogP contribution in [0, 0.1) is 6.92 Å². The molecule has 0 unspecified atom stereocenters. The highest BCUT2D eigenvalue weighted by molar-refractivity contribution is 5.94. The molecule has 2 aliphatic carbocycles. The van der Waals surface area contributed by atoms with Crippen LogP contribution in [-0.2, 0) is 13.0 Å². The van der Waals surface area contributed by atoms with Crippen LogP contribution in [0.4, 0.5) is 5.82 Å². The number of pyridine rings is 1. The molecule has 1 aliphatic heterocycles. The summed E-state index contributed by atoms with van der Waals surface area (Å²) in [7, 11) is 1.88. The van der Waals surface area contributed by atoms with Gasteiger partial charge >= 0.3 is 0 Å². The van der Waals surface area contributed by atoms with Gasteiger partial charge < -0.3 is 25.9 Å². The Morgan fingerprint density at radius 1 is 1.22 bits per heavy atom. The molecule has 2 heterocycles. The first kappa shape index (κ1) is 29.1. The Labute approximate surface area is 243 Å². The second-order valence-corrected chi connectivity index (χ2v) is 11.4. The minimum absolute atomic E-state index is 0.195. The number of aliphatic hydroxyl groups excluding tert-OH is 1. The number of hydrazine groups is 1. The molecule has 5 N–H and O–H groups in total. The van der Waals surface area contributed by atoms with Crippen molar-refractivity contribution in [1.82, 2.24) is 26.1 Å². The average molecular weight is 561 g/mol. The van der Waals surface area contributed by atoms with Crippen LogP contribution in [0.5, 0.6) is 5.75 Å². The molecular weight excluding hydrogens is 516 g/mol. The lowest BCUT2D eigenvalue weighted by Crippen LogP contribution is -2.42. The van der Waals surface area contributed by atoms with Crippen LogP contribution in [0.1, 0.15) is 65.6 Å². The second kappa shape index (κ2) is 14.0. The Morgan fingerprint density at radius 2 is 2.10 bits per heavy atom. The highest BCUT2D eigenvalue weighted by Crippen LogP contribution is 2.30. The molecule has 1 aromatic heterocycles. The molecular formula is C32H44N6O3. The van der Waals surface area contributed by atoms with Gasteiger partial charge in [-0.05, 0) is 98.4 Å². The number of nitrogens with zero attached hydrogens (tertiary/aromatic N) is 2. The van der Waals surface area contributed by atoms with Crippen molar-refractivity contribution < 1.29 is 14.6 Å². The van der Waals surface area contributed by atoms with E-state index < -0.39 is 6.10 Å². The highest BCUT2D eigenvalue weighted by atomic mass is 16.5. The topological polar surface area (TPSA) is 111 Å². The predicted molar refractivity (Wildman–Crippen MR) is 162 cm³/mol. The molecule has 41 heavy (non-hydrogen) atoms. The number of anilines is 1. The average Bonchev–Trinajstić information content (AvgIpc) is 3.19. The number of aromatic nitrogens is 1. The SMILES string of the molecule is CNNC1=CC(COc2ccc3c(c2C)CCN(C[C@@H](O)CNC(=O)c2ccnc(NC4CCC4)c2)C3)=CCCC1. The van der Waals surface area contributed by atoms with Crippen molar-refractivity contribution in [2.45, 2.75) is 70.6 Å². The lowest BCUT2D eigenvalue weighted by atomic mass is 9.93. The minimum Gasteiger partial charge on any atom is -0.489 e. The standard InChI is InChI=1S/C32H44N6O3/c1-22-29-13-15-38(19-25(29)10-11-30(22)41-21-23-6-3-4-7-27(16-23)37-33-2)20-28(39)18-35-32(40)24-12-14-34-31(17-24)36-26-8-5-9-26/h6,10-12,14,16-17,26,28,33,37,39H,3-5,7-9,13,15,18-21H2,1-2H3,(H,34,36)(H,35,40)/t28-/m0/s1. The zero-order valence-electron chi connectivity index (χ0n) is 24.3. The van der Waals surface area contributed by atoms with Gasteiger partial charge in [0, 0.05) is 56.7 Å². The number of nitrogens with one attached hydrogen (secondary N) is 4. The van der Waals surface area contributed by atoms with E-state index in [1.54, 1.807) is 18.3 Å². The zero-order chi connectivity index (χ0) is 28.6. The largest absolute Gasteiger partial charge is 0.489 e. The molecule has 2 aromatic rings. The van der Waals surface area contributed by atoms with Gasteiger partial charge in [-0.15, -0.1) is 0 Å². The van der Waals surface area contributed by atoms with Gasteiger partial charge in [0.1, 0.15) is 18.2 Å². The fourth-order valence-corrected chi connectivity index (χ4v) is 5.73. The van der Waals surface area contributed by atoms with Crippen molar-refractivity contribution >= 4 is 11.7 Å². The van der Waals surface area contributed by atoms with Crippen LogP contribution >= 0.6 is 0 Å². The number of benzene rings is 1. The summed E-state index contributed by atoms with van der Waals surface area (Å²) >= 11 is 0. The fourth-order valence-electron chi connectivity index (χ4n) is 5.73. The summed E-state index contributed by atoms with van der Waals surface area (Å²) in [5, 5.41) is 17.0. The number of carbonyl (C=O) groups is 1. The molecule has 9 heteroatoms. The number of β-amino-alcohol motifs (C(OH)–C–C–N with tert-alkyl or cyclic N) is 1. The second-order valence-electron chi connectivity index (χ2n) is 11.4. The Hall–Kier alpha value is -3.40. The molecule has 0 radical (unpaired) electrons. The number of amides is 1. The van der Waals surface area contributed by atoms with Crippen LogP contribution in [-0.4, -0.2) is 66.3 Å². The predicted octanol–water partition coefficient (Wildman–Crippen LogP) is 3.60. The van der Waals surface area contributed by atoms with Gasteiger partial charge in [0.15, 0.2) is 0 Å². The monoisotopic (exact) mass is 560 g/mol. The van der Waals surface area contributed by atoms with Crippen molar-refractivity contribution in [1.29, 1.82) is 0 Å². The lowest BCUT2D eigenvalue weighted by molar-refractivity contribution is 0.0841. The summed E-state index contributed by atoms with van der Waals surface area (Å²) in [5.41, 5.74) is 13.0. The van der Waals surface area contributed by atoms with E-state index in [-0.39, 0.29) is 12.5 Å². The summed E-state index contributed by atoms with van der Waals surface area (Å²) in [6.45, 7) is 5.04. The summed E-state index contributed by atoms with van der Waals surface area (Å²) in [6, 6.07) is 8.17. The van der Waals surface area contributed by atoms with Gasteiger partial charge in [0.05, 0.1) is 6.10 Å². The van der Waals surface area contributed by atoms with Crippen molar-refractivity contribution in [2.75, 3.05) is 38.6 Å². The molecule has 1 saturated carbocycles. The molecule has 1 fully saturated rings.